The summed E-state index contributed by atoms with van der Waals surface area (Å²) in [6.45, 7) is 0.156. The van der Waals surface area contributed by atoms with Crippen LogP contribution in [0.1, 0.15) is 10.4 Å². The fourth-order valence-corrected chi connectivity index (χ4v) is 1.69. The zero-order valence-corrected chi connectivity index (χ0v) is 10.5. The molecule has 19 heavy (non-hydrogen) atoms. The Bertz CT molecular complexity index is 449. The highest BCUT2D eigenvalue weighted by Gasteiger charge is 2.47. The molecule has 0 amide bonds. The molecule has 1 heterocycles. The molecule has 102 valence electrons. The smallest absolute Gasteiger partial charge is 0.370 e. The topological polar surface area (TPSA) is 71.1 Å². The van der Waals surface area contributed by atoms with E-state index in [1.54, 1.807) is 30.3 Å². The second-order valence-corrected chi connectivity index (χ2v) is 3.88. The van der Waals surface area contributed by atoms with Gasteiger partial charge in [0, 0.05) is 0 Å². The third-order valence-corrected chi connectivity index (χ3v) is 2.65. The Morgan fingerprint density at radius 1 is 1.21 bits per heavy atom. The molecule has 1 aliphatic rings. The first-order valence-corrected chi connectivity index (χ1v) is 5.76. The molecular formula is C13H14O6. The number of hydrogen-bond donors (Lipinski definition) is 0. The maximum absolute atomic E-state index is 11.8. The molecule has 0 spiro atoms. The van der Waals surface area contributed by atoms with Crippen molar-refractivity contribution in [3.05, 3.63) is 35.9 Å². The number of rotatable bonds is 4. The molecule has 0 unspecified atom stereocenters. The Hall–Kier alpha value is -1.92. The van der Waals surface area contributed by atoms with Crippen molar-refractivity contribution >= 4 is 11.9 Å². The third-order valence-electron chi connectivity index (χ3n) is 2.65. The number of esters is 2. The predicted octanol–water partition coefficient (Wildman–Crippen LogP) is 0.759. The quantitative estimate of drug-likeness (QED) is 0.749. The van der Waals surface area contributed by atoms with Gasteiger partial charge in [0.05, 0.1) is 25.9 Å². The van der Waals surface area contributed by atoms with Crippen LogP contribution in [0.3, 0.4) is 0 Å². The fourth-order valence-electron chi connectivity index (χ4n) is 1.69. The molecule has 6 heteroatoms. The average Bonchev–Trinajstić information content (AvgIpc) is 2.95. The Morgan fingerprint density at radius 3 is 2.42 bits per heavy atom. The number of methoxy groups -OCH3 is 1. The molecule has 0 radical (unpaired) electrons. The van der Waals surface area contributed by atoms with Crippen LogP contribution in [-0.2, 0) is 23.7 Å². The van der Waals surface area contributed by atoms with Crippen LogP contribution in [0.4, 0.5) is 0 Å². The number of carbonyl (C=O) groups excluding carboxylic acids is 2. The van der Waals surface area contributed by atoms with Crippen LogP contribution >= 0.6 is 0 Å². The summed E-state index contributed by atoms with van der Waals surface area (Å²) in [7, 11) is 1.22. The first kappa shape index (κ1) is 13.5. The predicted molar refractivity (Wildman–Crippen MR) is 63.4 cm³/mol. The van der Waals surface area contributed by atoms with Crippen LogP contribution in [0, 0.1) is 0 Å². The zero-order chi connectivity index (χ0) is 13.7. The zero-order valence-electron chi connectivity index (χ0n) is 10.5. The van der Waals surface area contributed by atoms with Crippen molar-refractivity contribution in [2.75, 3.05) is 26.9 Å². The van der Waals surface area contributed by atoms with Gasteiger partial charge in [0.2, 0.25) is 0 Å². The van der Waals surface area contributed by atoms with E-state index >= 15 is 0 Å². The molecule has 1 saturated heterocycles. The van der Waals surface area contributed by atoms with Gasteiger partial charge in [0.1, 0.15) is 0 Å². The maximum atomic E-state index is 11.8. The molecule has 1 fully saturated rings. The molecule has 1 aromatic carbocycles. The molecule has 0 bridgehead atoms. The molecule has 0 aliphatic carbocycles. The molecule has 0 saturated carbocycles. The highest BCUT2D eigenvalue weighted by molar-refractivity contribution is 5.89. The van der Waals surface area contributed by atoms with E-state index in [1.165, 1.54) is 7.11 Å². The van der Waals surface area contributed by atoms with Crippen LogP contribution in [-0.4, -0.2) is 44.7 Å². The normalized spacial score (nSPS) is 16.9. The van der Waals surface area contributed by atoms with Crippen LogP contribution in [0.2, 0.25) is 0 Å². The summed E-state index contributed by atoms with van der Waals surface area (Å²) in [6.07, 6.45) is 0. The minimum Gasteiger partial charge on any atom is -0.465 e. The highest BCUT2D eigenvalue weighted by atomic mass is 16.8. The van der Waals surface area contributed by atoms with E-state index in [-0.39, 0.29) is 19.8 Å². The highest BCUT2D eigenvalue weighted by Crippen LogP contribution is 2.22. The summed E-state index contributed by atoms with van der Waals surface area (Å²) in [6, 6.07) is 8.45. The molecular weight excluding hydrogens is 252 g/mol. The van der Waals surface area contributed by atoms with Gasteiger partial charge >= 0.3 is 17.7 Å². The molecule has 2 rings (SSSR count). The maximum Gasteiger partial charge on any atom is 0.370 e. The number of carbonyl (C=O) groups is 2. The van der Waals surface area contributed by atoms with Crippen molar-refractivity contribution in [3.8, 4) is 0 Å². The minimum absolute atomic E-state index is 0.248. The summed E-state index contributed by atoms with van der Waals surface area (Å²) in [5.74, 6) is -2.91. The first-order chi connectivity index (χ1) is 9.18. The Balaban J connectivity index is 2.00. The molecule has 1 aliphatic heterocycles. The lowest BCUT2D eigenvalue weighted by Gasteiger charge is -2.23. The van der Waals surface area contributed by atoms with Crippen LogP contribution < -0.4 is 0 Å². The average molecular weight is 266 g/mol. The molecule has 1 aromatic rings. The van der Waals surface area contributed by atoms with E-state index in [0.29, 0.717) is 5.56 Å². The second-order valence-electron chi connectivity index (χ2n) is 3.88. The van der Waals surface area contributed by atoms with Crippen molar-refractivity contribution < 1.29 is 28.5 Å². The van der Waals surface area contributed by atoms with E-state index in [2.05, 4.69) is 4.74 Å². The summed E-state index contributed by atoms with van der Waals surface area (Å²) >= 11 is 0. The monoisotopic (exact) mass is 266 g/mol. The van der Waals surface area contributed by atoms with Gasteiger partial charge in [-0.25, -0.2) is 9.59 Å². The Morgan fingerprint density at radius 2 is 1.84 bits per heavy atom. The van der Waals surface area contributed by atoms with Crippen molar-refractivity contribution in [2.45, 2.75) is 5.79 Å². The largest absolute Gasteiger partial charge is 0.465 e. The van der Waals surface area contributed by atoms with E-state index in [0.717, 1.165) is 0 Å². The van der Waals surface area contributed by atoms with E-state index in [1.807, 2.05) is 0 Å². The van der Waals surface area contributed by atoms with Crippen molar-refractivity contribution in [3.63, 3.8) is 0 Å². The number of ether oxygens (including phenoxy) is 4. The fraction of sp³-hybridized carbons (Fsp3) is 0.385. The van der Waals surface area contributed by atoms with Crippen molar-refractivity contribution in [1.82, 2.24) is 0 Å². The Labute approximate surface area is 110 Å². The standard InChI is InChI=1S/C13H14O6/c1-16-12(15)13(18-7-8-19-13)9-17-11(14)10-5-3-2-4-6-10/h2-6H,7-9H2,1H3. The Kier molecular flexibility index (Phi) is 4.13. The lowest BCUT2D eigenvalue weighted by atomic mass is 10.2. The van der Waals surface area contributed by atoms with Gasteiger partial charge in [-0.2, -0.15) is 0 Å². The summed E-state index contributed by atoms with van der Waals surface area (Å²) in [5, 5.41) is 0. The van der Waals surface area contributed by atoms with Crippen LogP contribution in [0.5, 0.6) is 0 Å². The van der Waals surface area contributed by atoms with Gasteiger partial charge < -0.3 is 18.9 Å². The van der Waals surface area contributed by atoms with Gasteiger partial charge in [0.25, 0.3) is 0 Å². The third kappa shape index (κ3) is 2.91. The van der Waals surface area contributed by atoms with Crippen LogP contribution in [0.25, 0.3) is 0 Å². The number of hydrogen-bond acceptors (Lipinski definition) is 6. The van der Waals surface area contributed by atoms with Gasteiger partial charge in [-0.3, -0.25) is 0 Å². The second kappa shape index (κ2) is 5.81. The van der Waals surface area contributed by atoms with Gasteiger partial charge in [-0.1, -0.05) is 18.2 Å². The lowest BCUT2D eigenvalue weighted by Crippen LogP contribution is -2.46. The van der Waals surface area contributed by atoms with Crippen LogP contribution in [0.15, 0.2) is 30.3 Å². The lowest BCUT2D eigenvalue weighted by molar-refractivity contribution is -0.214. The van der Waals surface area contributed by atoms with E-state index in [4.69, 9.17) is 14.2 Å². The SMILES string of the molecule is COC(=O)C1(COC(=O)c2ccccc2)OCCO1. The minimum atomic E-state index is -1.64. The summed E-state index contributed by atoms with van der Waals surface area (Å²) in [4.78, 5) is 23.4. The molecule has 6 nitrogen and oxygen atoms in total. The van der Waals surface area contributed by atoms with Gasteiger partial charge in [-0.15, -0.1) is 0 Å². The van der Waals surface area contributed by atoms with E-state index in [9.17, 15) is 9.59 Å². The van der Waals surface area contributed by atoms with Crippen molar-refractivity contribution in [1.29, 1.82) is 0 Å². The van der Waals surface area contributed by atoms with Gasteiger partial charge in [0.15, 0.2) is 6.61 Å². The molecule has 0 N–H and O–H groups in total. The summed E-state index contributed by atoms with van der Waals surface area (Å²) < 4.78 is 20.1. The molecule has 0 atom stereocenters. The van der Waals surface area contributed by atoms with Crippen molar-refractivity contribution in [2.24, 2.45) is 0 Å². The molecule has 0 aromatic heterocycles. The first-order valence-electron chi connectivity index (χ1n) is 5.76. The number of benzene rings is 1. The summed E-state index contributed by atoms with van der Waals surface area (Å²) in [5.41, 5.74) is 0.389. The van der Waals surface area contributed by atoms with Gasteiger partial charge in [-0.05, 0) is 12.1 Å². The van der Waals surface area contributed by atoms with E-state index < -0.39 is 17.7 Å².